The van der Waals surface area contributed by atoms with Crippen molar-refractivity contribution in [1.82, 2.24) is 15.1 Å². The third kappa shape index (κ3) is 4.67. The zero-order valence-electron chi connectivity index (χ0n) is 21.0. The number of rotatable bonds is 6. The van der Waals surface area contributed by atoms with E-state index in [2.05, 4.69) is 77.8 Å². The number of amides is 2. The van der Waals surface area contributed by atoms with Gasteiger partial charge in [-0.05, 0) is 40.1 Å². The molecule has 37 heavy (non-hydrogen) atoms. The molecule has 2 fully saturated rings. The van der Waals surface area contributed by atoms with Gasteiger partial charge in [-0.15, -0.1) is 11.3 Å². The number of benzene rings is 3. The Morgan fingerprint density at radius 2 is 1.62 bits per heavy atom. The second-order valence-electron chi connectivity index (χ2n) is 9.96. The maximum Gasteiger partial charge on any atom is 0.246 e. The summed E-state index contributed by atoms with van der Waals surface area (Å²) in [7, 11) is 0. The Morgan fingerprint density at radius 3 is 2.41 bits per heavy atom. The molecule has 2 unspecified atom stereocenters. The monoisotopic (exact) mass is 509 g/mol. The molecule has 2 amide bonds. The molecule has 2 atom stereocenters. The lowest BCUT2D eigenvalue weighted by molar-refractivity contribution is -0.153. The van der Waals surface area contributed by atoms with E-state index in [1.54, 1.807) is 0 Å². The van der Waals surface area contributed by atoms with Gasteiger partial charge in [0.2, 0.25) is 11.8 Å². The minimum atomic E-state index is -0.509. The summed E-state index contributed by atoms with van der Waals surface area (Å²) in [5, 5.41) is 4.35. The molecule has 5 nitrogen and oxygen atoms in total. The van der Waals surface area contributed by atoms with E-state index in [1.807, 2.05) is 34.4 Å². The largest absolute Gasteiger partial charge is 0.342 e. The minimum absolute atomic E-state index is 0.0339. The van der Waals surface area contributed by atoms with Crippen LogP contribution in [-0.4, -0.2) is 53.3 Å². The number of hydrogen-bond acceptors (Lipinski definition) is 4. The Labute approximate surface area is 221 Å². The number of nitrogens with zero attached hydrogens (tertiary/aromatic N) is 2. The number of nitrogens with one attached hydrogen (secondary N) is 1. The molecule has 6 rings (SSSR count). The molecular weight excluding hydrogens is 478 g/mol. The third-order valence-electron chi connectivity index (χ3n) is 7.65. The van der Waals surface area contributed by atoms with Crippen LogP contribution in [0.25, 0.3) is 21.2 Å². The number of carbonyl (C=O) groups excluding carboxylic acids is 2. The van der Waals surface area contributed by atoms with Crippen LogP contribution in [0, 0.1) is 0 Å². The summed E-state index contributed by atoms with van der Waals surface area (Å²) in [5.41, 5.74) is 4.73. The van der Waals surface area contributed by atoms with Crippen molar-refractivity contribution in [3.8, 4) is 11.1 Å². The van der Waals surface area contributed by atoms with E-state index in [0.717, 1.165) is 30.6 Å². The Kier molecular flexibility index (Phi) is 6.53. The highest BCUT2D eigenvalue weighted by Crippen LogP contribution is 2.33. The molecule has 0 saturated carbocycles. The maximum absolute atomic E-state index is 13.4. The fourth-order valence-corrected chi connectivity index (χ4v) is 6.83. The fraction of sp³-hybridized carbons (Fsp3) is 0.290. The quantitative estimate of drug-likeness (QED) is 0.403. The van der Waals surface area contributed by atoms with E-state index < -0.39 is 12.1 Å². The van der Waals surface area contributed by atoms with Crippen molar-refractivity contribution in [2.75, 3.05) is 19.6 Å². The summed E-state index contributed by atoms with van der Waals surface area (Å²) in [5.74, 6) is -0.00675. The molecule has 2 aliphatic rings. The fourth-order valence-electron chi connectivity index (χ4n) is 5.67. The molecule has 4 aromatic rings. The van der Waals surface area contributed by atoms with Gasteiger partial charge in [0.25, 0.3) is 0 Å². The van der Waals surface area contributed by atoms with Crippen molar-refractivity contribution in [3.63, 3.8) is 0 Å². The van der Waals surface area contributed by atoms with Crippen LogP contribution in [0.15, 0.2) is 78.9 Å². The van der Waals surface area contributed by atoms with Crippen LogP contribution in [-0.2, 0) is 29.0 Å². The van der Waals surface area contributed by atoms with Crippen molar-refractivity contribution in [2.24, 2.45) is 0 Å². The number of aryl methyl sites for hydroxylation is 1. The molecule has 0 bridgehead atoms. The molecule has 3 heterocycles. The lowest BCUT2D eigenvalue weighted by Crippen LogP contribution is -2.69. The van der Waals surface area contributed by atoms with E-state index >= 15 is 0 Å². The highest BCUT2D eigenvalue weighted by molar-refractivity contribution is 7.19. The highest BCUT2D eigenvalue weighted by atomic mass is 32.1. The predicted molar refractivity (Wildman–Crippen MR) is 149 cm³/mol. The van der Waals surface area contributed by atoms with Crippen LogP contribution in [0.4, 0.5) is 0 Å². The maximum atomic E-state index is 13.4. The summed E-state index contributed by atoms with van der Waals surface area (Å²) in [6, 6.07) is 26.2. The smallest absolute Gasteiger partial charge is 0.246 e. The molecule has 2 saturated heterocycles. The molecule has 1 N–H and O–H groups in total. The van der Waals surface area contributed by atoms with Crippen LogP contribution >= 0.6 is 11.3 Å². The van der Waals surface area contributed by atoms with Crippen molar-refractivity contribution in [2.45, 2.75) is 38.4 Å². The highest BCUT2D eigenvalue weighted by Gasteiger charge is 2.43. The van der Waals surface area contributed by atoms with Crippen LogP contribution in [0.3, 0.4) is 0 Å². The number of hydrogen-bond donors (Lipinski definition) is 1. The topological polar surface area (TPSA) is 52.6 Å². The standard InChI is InChI=1S/C31H31N3O2S/c1-2-28-25(24-10-6-7-11-29(24)37-28)19-33-16-17-34-27(20-33)30(35)32-26(31(34)36)18-21-12-14-23(15-13-21)22-8-4-3-5-9-22/h3-15,26-27H,2,16-20H2,1H3,(H,32,35). The molecule has 3 aromatic carbocycles. The van der Waals surface area contributed by atoms with Gasteiger partial charge in [0.1, 0.15) is 12.1 Å². The first kappa shape index (κ1) is 23.9. The van der Waals surface area contributed by atoms with Gasteiger partial charge in [-0.3, -0.25) is 14.5 Å². The average Bonchev–Trinajstić information content (AvgIpc) is 3.30. The summed E-state index contributed by atoms with van der Waals surface area (Å²) < 4.78 is 1.32. The SMILES string of the molecule is CCc1sc2ccccc2c1CN1CCN2C(=O)C(Cc3ccc(-c4ccccc4)cc3)NC(=O)C2C1. The van der Waals surface area contributed by atoms with E-state index in [-0.39, 0.29) is 11.8 Å². The summed E-state index contributed by atoms with van der Waals surface area (Å²) in [6.07, 6.45) is 1.51. The molecule has 2 aliphatic heterocycles. The molecular formula is C31H31N3O2S. The first-order valence-electron chi connectivity index (χ1n) is 13.1. The average molecular weight is 510 g/mol. The van der Waals surface area contributed by atoms with Crippen molar-refractivity contribution in [1.29, 1.82) is 0 Å². The molecule has 0 radical (unpaired) electrons. The van der Waals surface area contributed by atoms with Gasteiger partial charge in [0.05, 0.1) is 0 Å². The Balaban J connectivity index is 1.13. The van der Waals surface area contributed by atoms with Crippen molar-refractivity contribution >= 4 is 33.2 Å². The zero-order valence-corrected chi connectivity index (χ0v) is 21.8. The zero-order chi connectivity index (χ0) is 25.4. The van der Waals surface area contributed by atoms with Gasteiger partial charge >= 0.3 is 0 Å². The lowest BCUT2D eigenvalue weighted by atomic mass is 9.97. The van der Waals surface area contributed by atoms with E-state index in [4.69, 9.17) is 0 Å². The molecule has 6 heteroatoms. The number of carbonyl (C=O) groups is 2. The predicted octanol–water partition coefficient (Wildman–Crippen LogP) is 4.88. The normalized spacial score (nSPS) is 20.2. The number of fused-ring (bicyclic) bond motifs is 2. The Morgan fingerprint density at radius 1 is 0.892 bits per heavy atom. The second kappa shape index (κ2) is 10.1. The number of thiophene rings is 1. The second-order valence-corrected chi connectivity index (χ2v) is 11.1. The van der Waals surface area contributed by atoms with Crippen molar-refractivity contribution in [3.05, 3.63) is 94.9 Å². The van der Waals surface area contributed by atoms with Gasteiger partial charge in [-0.25, -0.2) is 0 Å². The Hall–Kier alpha value is -3.48. The van der Waals surface area contributed by atoms with Crippen LogP contribution < -0.4 is 5.32 Å². The summed E-state index contributed by atoms with van der Waals surface area (Å²) >= 11 is 1.87. The van der Waals surface area contributed by atoms with Gasteiger partial charge in [-0.2, -0.15) is 0 Å². The van der Waals surface area contributed by atoms with E-state index in [0.29, 0.717) is 19.5 Å². The van der Waals surface area contributed by atoms with E-state index in [1.165, 1.54) is 26.1 Å². The summed E-state index contributed by atoms with van der Waals surface area (Å²) in [6.45, 7) is 4.96. The van der Waals surface area contributed by atoms with Gasteiger partial charge < -0.3 is 10.2 Å². The molecule has 1 aromatic heterocycles. The summed E-state index contributed by atoms with van der Waals surface area (Å²) in [4.78, 5) is 32.1. The third-order valence-corrected chi connectivity index (χ3v) is 9.01. The first-order valence-corrected chi connectivity index (χ1v) is 13.9. The Bertz CT molecular complexity index is 1430. The van der Waals surface area contributed by atoms with E-state index in [9.17, 15) is 9.59 Å². The molecule has 188 valence electrons. The van der Waals surface area contributed by atoms with Crippen LogP contribution in [0.5, 0.6) is 0 Å². The van der Waals surface area contributed by atoms with Crippen molar-refractivity contribution < 1.29 is 9.59 Å². The van der Waals surface area contributed by atoms with Gasteiger partial charge in [0, 0.05) is 42.2 Å². The first-order chi connectivity index (χ1) is 18.1. The van der Waals surface area contributed by atoms with Crippen LogP contribution in [0.1, 0.15) is 22.9 Å². The lowest BCUT2D eigenvalue weighted by Gasteiger charge is -2.45. The minimum Gasteiger partial charge on any atom is -0.342 e. The van der Waals surface area contributed by atoms with Gasteiger partial charge in [-0.1, -0.05) is 79.7 Å². The van der Waals surface area contributed by atoms with Crippen LogP contribution in [0.2, 0.25) is 0 Å². The number of piperazine rings is 2. The molecule has 0 aliphatic carbocycles. The molecule has 0 spiro atoms. The van der Waals surface area contributed by atoms with Gasteiger partial charge in [0.15, 0.2) is 0 Å².